The molecule has 0 aliphatic carbocycles. The number of hydrogen-bond acceptors (Lipinski definition) is 12. The smallest absolute Gasteiger partial charge is 0.334 e. The van der Waals surface area contributed by atoms with Gasteiger partial charge in [0, 0.05) is 11.1 Å². The molecule has 0 saturated heterocycles. The molecule has 0 fully saturated rings. The van der Waals surface area contributed by atoms with Crippen molar-refractivity contribution in [2.75, 3.05) is 41.7 Å². The molecular weight excluding hydrogens is 432 g/mol. The number of methoxy groups -OCH3 is 4. The molecule has 0 aromatic heterocycles. The van der Waals surface area contributed by atoms with Gasteiger partial charge in [0.05, 0.1) is 53.1 Å². The summed E-state index contributed by atoms with van der Waals surface area (Å²) < 4.78 is 27.8. The van der Waals surface area contributed by atoms with Crippen molar-refractivity contribution in [1.82, 2.24) is 0 Å². The van der Waals surface area contributed by atoms with E-state index in [1.165, 1.54) is 0 Å². The molecule has 178 valence electrons. The van der Waals surface area contributed by atoms with E-state index in [9.17, 15) is 28.8 Å². The maximum absolute atomic E-state index is 12.3. The van der Waals surface area contributed by atoms with Gasteiger partial charge in [-0.15, -0.1) is 0 Å². The topological polar surface area (TPSA) is 158 Å². The van der Waals surface area contributed by atoms with Crippen LogP contribution in [0, 0.1) is 11.8 Å². The Kier molecular flexibility index (Phi) is 12.7. The Bertz CT molecular complexity index is 703. The Hall–Kier alpha value is -3.70. The van der Waals surface area contributed by atoms with E-state index in [0.29, 0.717) is 0 Å². The van der Waals surface area contributed by atoms with Crippen LogP contribution in [-0.2, 0) is 57.2 Å². The highest BCUT2D eigenvalue weighted by molar-refractivity contribution is 5.97. The second kappa shape index (κ2) is 14.3. The van der Waals surface area contributed by atoms with Crippen molar-refractivity contribution in [3.8, 4) is 0 Å². The summed E-state index contributed by atoms with van der Waals surface area (Å²) in [6, 6.07) is 0. The van der Waals surface area contributed by atoms with E-state index in [-0.39, 0.29) is 11.1 Å². The third-order valence-electron chi connectivity index (χ3n) is 4.07. The van der Waals surface area contributed by atoms with E-state index in [2.05, 4.69) is 32.1 Å². The third-order valence-corrected chi connectivity index (χ3v) is 4.07. The van der Waals surface area contributed by atoms with E-state index in [1.54, 1.807) is 0 Å². The fourth-order valence-electron chi connectivity index (χ4n) is 2.23. The van der Waals surface area contributed by atoms with Gasteiger partial charge >= 0.3 is 35.8 Å². The Morgan fingerprint density at radius 1 is 0.594 bits per heavy atom. The fraction of sp³-hybridized carbons (Fsp3) is 0.500. The second-order valence-electron chi connectivity index (χ2n) is 6.03. The highest BCUT2D eigenvalue weighted by Crippen LogP contribution is 2.19. The van der Waals surface area contributed by atoms with Gasteiger partial charge in [-0.05, 0) is 0 Å². The molecule has 2 atom stereocenters. The second-order valence-corrected chi connectivity index (χ2v) is 6.03. The first-order valence-electron chi connectivity index (χ1n) is 9.05. The summed E-state index contributed by atoms with van der Waals surface area (Å²) >= 11 is 0. The first-order valence-corrected chi connectivity index (χ1v) is 9.05. The number of esters is 6. The number of hydrogen-bond donors (Lipinski definition) is 0. The molecule has 0 aliphatic heterocycles. The van der Waals surface area contributed by atoms with Crippen LogP contribution in [0.4, 0.5) is 0 Å². The Labute approximate surface area is 184 Å². The Morgan fingerprint density at radius 2 is 0.906 bits per heavy atom. The molecule has 0 aromatic carbocycles. The lowest BCUT2D eigenvalue weighted by molar-refractivity contribution is -0.160. The number of carbonyl (C=O) groups excluding carboxylic acids is 6. The van der Waals surface area contributed by atoms with Gasteiger partial charge < -0.3 is 28.4 Å². The standard InChI is InChI=1S/C20H26O12/c1-11(17(23)29-5)13(9-15(21)27-3)19(25)31-7-8-32-20(26)14(10-16(22)28-4)12(2)18(24)30-6/h13-14H,1-2,7-10H2,3-6H3. The molecule has 0 N–H and O–H groups in total. The molecule has 0 bridgehead atoms. The number of carbonyl (C=O) groups is 6. The Balaban J connectivity index is 5.02. The normalized spacial score (nSPS) is 11.8. The molecule has 0 amide bonds. The van der Waals surface area contributed by atoms with Crippen molar-refractivity contribution in [2.24, 2.45) is 11.8 Å². The summed E-state index contributed by atoms with van der Waals surface area (Å²) in [5.74, 6) is -8.21. The van der Waals surface area contributed by atoms with Gasteiger partial charge in [-0.25, -0.2) is 9.59 Å². The third kappa shape index (κ3) is 8.98. The molecule has 2 unspecified atom stereocenters. The summed E-state index contributed by atoms with van der Waals surface area (Å²) in [5, 5.41) is 0. The van der Waals surface area contributed by atoms with Crippen LogP contribution >= 0.6 is 0 Å². The molecule has 0 radical (unpaired) electrons. The van der Waals surface area contributed by atoms with Crippen LogP contribution in [0.5, 0.6) is 0 Å². The van der Waals surface area contributed by atoms with Crippen molar-refractivity contribution in [1.29, 1.82) is 0 Å². The van der Waals surface area contributed by atoms with Crippen LogP contribution in [-0.4, -0.2) is 77.5 Å². The maximum atomic E-state index is 12.3. The summed E-state index contributed by atoms with van der Waals surface area (Å²) in [7, 11) is 4.33. The molecule has 0 spiro atoms. The minimum Gasteiger partial charge on any atom is -0.469 e. The summed E-state index contributed by atoms with van der Waals surface area (Å²) in [5.41, 5.74) is -0.653. The van der Waals surface area contributed by atoms with Crippen molar-refractivity contribution in [3.63, 3.8) is 0 Å². The van der Waals surface area contributed by atoms with Crippen LogP contribution in [0.1, 0.15) is 12.8 Å². The van der Waals surface area contributed by atoms with Crippen molar-refractivity contribution in [2.45, 2.75) is 12.8 Å². The average molecular weight is 458 g/mol. The lowest BCUT2D eigenvalue weighted by Gasteiger charge is -2.17. The Morgan fingerprint density at radius 3 is 1.16 bits per heavy atom. The minimum atomic E-state index is -1.38. The van der Waals surface area contributed by atoms with E-state index < -0.39 is 73.7 Å². The zero-order valence-corrected chi connectivity index (χ0v) is 18.3. The first-order chi connectivity index (χ1) is 15.0. The van der Waals surface area contributed by atoms with E-state index >= 15 is 0 Å². The van der Waals surface area contributed by atoms with E-state index in [4.69, 9.17) is 9.47 Å². The summed E-state index contributed by atoms with van der Waals surface area (Å²) in [4.78, 5) is 70.9. The van der Waals surface area contributed by atoms with Crippen molar-refractivity contribution >= 4 is 35.8 Å². The maximum Gasteiger partial charge on any atom is 0.334 e. The van der Waals surface area contributed by atoms with Crippen LogP contribution < -0.4 is 0 Å². The van der Waals surface area contributed by atoms with Gasteiger partial charge in [-0.1, -0.05) is 13.2 Å². The van der Waals surface area contributed by atoms with Gasteiger partial charge in [0.2, 0.25) is 0 Å². The van der Waals surface area contributed by atoms with Gasteiger partial charge in [-0.3, -0.25) is 19.2 Å². The zero-order valence-electron chi connectivity index (χ0n) is 18.3. The molecule has 12 nitrogen and oxygen atoms in total. The minimum absolute atomic E-state index is 0.326. The molecule has 0 heterocycles. The van der Waals surface area contributed by atoms with Crippen LogP contribution in [0.25, 0.3) is 0 Å². The van der Waals surface area contributed by atoms with Crippen LogP contribution in [0.15, 0.2) is 24.3 Å². The predicted octanol–water partition coefficient (Wildman–Crippen LogP) is -0.110. The largest absolute Gasteiger partial charge is 0.469 e. The summed E-state index contributed by atoms with van der Waals surface area (Å²) in [6.45, 7) is 5.92. The molecule has 12 heteroatoms. The molecule has 0 aliphatic rings. The van der Waals surface area contributed by atoms with Crippen LogP contribution in [0.2, 0.25) is 0 Å². The number of ether oxygens (including phenoxy) is 6. The molecule has 0 aromatic rings. The predicted molar refractivity (Wildman–Crippen MR) is 104 cm³/mol. The monoisotopic (exact) mass is 458 g/mol. The van der Waals surface area contributed by atoms with Crippen molar-refractivity contribution in [3.05, 3.63) is 24.3 Å². The highest BCUT2D eigenvalue weighted by atomic mass is 16.6. The molecular formula is C20H26O12. The van der Waals surface area contributed by atoms with Gasteiger partial charge in [0.15, 0.2) is 0 Å². The lowest BCUT2D eigenvalue weighted by atomic mass is 9.97. The number of rotatable bonds is 13. The van der Waals surface area contributed by atoms with Gasteiger partial charge in [-0.2, -0.15) is 0 Å². The van der Waals surface area contributed by atoms with Crippen molar-refractivity contribution < 1.29 is 57.2 Å². The lowest BCUT2D eigenvalue weighted by Crippen LogP contribution is -2.30. The van der Waals surface area contributed by atoms with E-state index in [0.717, 1.165) is 28.4 Å². The first kappa shape index (κ1) is 28.3. The molecule has 0 saturated carbocycles. The zero-order chi connectivity index (χ0) is 24.8. The van der Waals surface area contributed by atoms with Gasteiger partial charge in [0.25, 0.3) is 0 Å². The quantitative estimate of drug-likeness (QED) is 0.156. The van der Waals surface area contributed by atoms with Gasteiger partial charge in [0.1, 0.15) is 13.2 Å². The molecule has 0 rings (SSSR count). The SMILES string of the molecule is C=C(C(=O)OC)C(CC(=O)OC)C(=O)OCCOC(=O)C(CC(=O)OC)C(=C)C(=O)OC. The van der Waals surface area contributed by atoms with Crippen LogP contribution in [0.3, 0.4) is 0 Å². The highest BCUT2D eigenvalue weighted by Gasteiger charge is 2.32. The van der Waals surface area contributed by atoms with E-state index in [1.807, 2.05) is 0 Å². The fourth-order valence-corrected chi connectivity index (χ4v) is 2.23. The molecule has 32 heavy (non-hydrogen) atoms. The average Bonchev–Trinajstić information content (AvgIpc) is 2.80. The summed E-state index contributed by atoms with van der Waals surface area (Å²) in [6.07, 6.45) is -1.05.